The van der Waals surface area contributed by atoms with Crippen molar-refractivity contribution in [2.45, 2.75) is 0 Å². The van der Waals surface area contributed by atoms with Crippen molar-refractivity contribution in [3.05, 3.63) is 34.2 Å². The number of aromatic nitrogens is 3. The van der Waals surface area contributed by atoms with E-state index in [1.807, 2.05) is 0 Å². The van der Waals surface area contributed by atoms with Crippen LogP contribution in [0.5, 0.6) is 0 Å². The van der Waals surface area contributed by atoms with Crippen LogP contribution in [-0.4, -0.2) is 21.1 Å². The molecule has 16 heavy (non-hydrogen) atoms. The minimum Gasteiger partial charge on any atom is -0.374 e. The number of nitrogen functional groups attached to an aromatic ring is 1. The molecule has 2 aromatic rings. The van der Waals surface area contributed by atoms with Gasteiger partial charge >= 0.3 is 0 Å². The smallest absolute Gasteiger partial charge is 0.274 e. The fraction of sp³-hybridized carbons (Fsp3) is 0. The molecule has 2 aromatic heterocycles. The molecule has 0 saturated carbocycles. The molecule has 82 valence electrons. The first-order valence-electron chi connectivity index (χ1n) is 4.25. The summed E-state index contributed by atoms with van der Waals surface area (Å²) in [7, 11) is 0. The minimum atomic E-state index is -0.464. The van der Waals surface area contributed by atoms with Gasteiger partial charge in [0.2, 0.25) is 15.8 Å². The normalized spacial score (nSPS) is 10.0. The van der Waals surface area contributed by atoms with Gasteiger partial charge in [0.05, 0.1) is 0 Å². The number of nitrogens with one attached hydrogen (secondary N) is 2. The van der Waals surface area contributed by atoms with E-state index in [0.29, 0.717) is 0 Å². The molecule has 0 atom stereocenters. The average molecular weight is 237 g/mol. The van der Waals surface area contributed by atoms with Crippen molar-refractivity contribution in [1.82, 2.24) is 15.2 Å². The van der Waals surface area contributed by atoms with E-state index < -0.39 is 5.91 Å². The van der Waals surface area contributed by atoms with E-state index in [1.165, 1.54) is 18.2 Å². The third-order valence-corrected chi connectivity index (χ3v) is 2.34. The van der Waals surface area contributed by atoms with Crippen molar-refractivity contribution in [2.75, 3.05) is 11.1 Å². The summed E-state index contributed by atoms with van der Waals surface area (Å²) in [5, 5.41) is 10.2. The Hall–Kier alpha value is -2.22. The number of aromatic amines is 1. The van der Waals surface area contributed by atoms with Gasteiger partial charge in [-0.05, 0) is 6.07 Å². The standard InChI is InChI=1S/C8H7N5O2S/c9-7-12-13-8(16-7)11-6(15)4-2-1-3-5(14)10-4/h1-3H,(H2,9,12)(H,10,14)(H,11,13,15). The summed E-state index contributed by atoms with van der Waals surface area (Å²) in [5.41, 5.74) is 5.16. The molecule has 4 N–H and O–H groups in total. The highest BCUT2D eigenvalue weighted by atomic mass is 32.1. The summed E-state index contributed by atoms with van der Waals surface area (Å²) >= 11 is 1.05. The number of hydrogen-bond donors (Lipinski definition) is 3. The van der Waals surface area contributed by atoms with Crippen molar-refractivity contribution in [1.29, 1.82) is 0 Å². The Morgan fingerprint density at radius 3 is 2.88 bits per heavy atom. The Kier molecular flexibility index (Phi) is 2.64. The number of carbonyl (C=O) groups is 1. The number of H-pyrrole nitrogens is 1. The zero-order valence-electron chi connectivity index (χ0n) is 7.93. The van der Waals surface area contributed by atoms with E-state index in [2.05, 4.69) is 20.5 Å². The summed E-state index contributed by atoms with van der Waals surface area (Å²) in [6.45, 7) is 0. The predicted molar refractivity (Wildman–Crippen MR) is 59.3 cm³/mol. The predicted octanol–water partition coefficient (Wildman–Crippen LogP) is 0.0609. The van der Waals surface area contributed by atoms with Gasteiger partial charge in [0.1, 0.15) is 5.69 Å². The maximum absolute atomic E-state index is 11.6. The second-order valence-electron chi connectivity index (χ2n) is 2.83. The Balaban J connectivity index is 2.17. The molecular weight excluding hydrogens is 230 g/mol. The van der Waals surface area contributed by atoms with Crippen LogP contribution in [0.3, 0.4) is 0 Å². The molecule has 8 heteroatoms. The quantitative estimate of drug-likeness (QED) is 0.683. The second-order valence-corrected chi connectivity index (χ2v) is 3.84. The van der Waals surface area contributed by atoms with Crippen LogP contribution in [0.2, 0.25) is 0 Å². The van der Waals surface area contributed by atoms with Gasteiger partial charge in [0.25, 0.3) is 5.91 Å². The molecule has 0 aromatic carbocycles. The van der Waals surface area contributed by atoms with Crippen LogP contribution in [0.15, 0.2) is 23.0 Å². The number of nitrogens with two attached hydrogens (primary N) is 1. The lowest BCUT2D eigenvalue weighted by Crippen LogP contribution is -2.17. The lowest BCUT2D eigenvalue weighted by atomic mass is 10.3. The highest BCUT2D eigenvalue weighted by Gasteiger charge is 2.09. The van der Waals surface area contributed by atoms with Gasteiger partial charge in [-0.15, -0.1) is 10.2 Å². The first kappa shape index (κ1) is 10.3. The van der Waals surface area contributed by atoms with Gasteiger partial charge in [-0.2, -0.15) is 0 Å². The summed E-state index contributed by atoms with van der Waals surface area (Å²) < 4.78 is 0. The van der Waals surface area contributed by atoms with E-state index in [-0.39, 0.29) is 21.5 Å². The summed E-state index contributed by atoms with van der Waals surface area (Å²) in [6.07, 6.45) is 0. The van der Waals surface area contributed by atoms with Crippen LogP contribution in [0.4, 0.5) is 10.3 Å². The third kappa shape index (κ3) is 2.23. The Bertz CT molecular complexity index is 576. The van der Waals surface area contributed by atoms with Gasteiger partial charge in [-0.3, -0.25) is 14.9 Å². The van der Waals surface area contributed by atoms with Crippen LogP contribution in [0.25, 0.3) is 0 Å². The molecule has 2 rings (SSSR count). The Morgan fingerprint density at radius 2 is 2.25 bits per heavy atom. The Labute approximate surface area is 93.3 Å². The number of nitrogens with zero attached hydrogens (tertiary/aromatic N) is 2. The first-order valence-corrected chi connectivity index (χ1v) is 5.06. The summed E-state index contributed by atoms with van der Waals surface area (Å²) in [6, 6.07) is 4.29. The van der Waals surface area contributed by atoms with Crippen molar-refractivity contribution in [2.24, 2.45) is 0 Å². The fourth-order valence-corrected chi connectivity index (χ4v) is 1.53. The molecule has 0 aliphatic heterocycles. The Morgan fingerprint density at radius 1 is 1.44 bits per heavy atom. The van der Waals surface area contributed by atoms with Crippen LogP contribution < -0.4 is 16.6 Å². The van der Waals surface area contributed by atoms with Gasteiger partial charge in [0, 0.05) is 6.07 Å². The van der Waals surface area contributed by atoms with Gasteiger partial charge < -0.3 is 10.7 Å². The topological polar surface area (TPSA) is 114 Å². The molecule has 0 aliphatic rings. The molecule has 0 spiro atoms. The maximum Gasteiger partial charge on any atom is 0.274 e. The lowest BCUT2D eigenvalue weighted by molar-refractivity contribution is 0.102. The van der Waals surface area contributed by atoms with E-state index in [9.17, 15) is 9.59 Å². The molecule has 0 unspecified atom stereocenters. The van der Waals surface area contributed by atoms with Crippen molar-refractivity contribution in [3.8, 4) is 0 Å². The molecule has 7 nitrogen and oxygen atoms in total. The van der Waals surface area contributed by atoms with Gasteiger partial charge in [-0.25, -0.2) is 0 Å². The monoisotopic (exact) mass is 237 g/mol. The van der Waals surface area contributed by atoms with E-state index in [1.54, 1.807) is 0 Å². The highest BCUT2D eigenvalue weighted by molar-refractivity contribution is 7.19. The van der Waals surface area contributed by atoms with Crippen molar-refractivity contribution >= 4 is 27.5 Å². The van der Waals surface area contributed by atoms with Crippen LogP contribution >= 0.6 is 11.3 Å². The minimum absolute atomic E-state index is 0.154. The molecule has 0 bridgehead atoms. The molecule has 1 amide bonds. The second kappa shape index (κ2) is 4.11. The largest absolute Gasteiger partial charge is 0.374 e. The number of carbonyl (C=O) groups excluding carboxylic acids is 1. The first-order chi connectivity index (χ1) is 7.65. The summed E-state index contributed by atoms with van der Waals surface area (Å²) in [5.74, 6) is -0.464. The fourth-order valence-electron chi connectivity index (χ4n) is 1.03. The van der Waals surface area contributed by atoms with Gasteiger partial charge in [0.15, 0.2) is 0 Å². The van der Waals surface area contributed by atoms with Crippen LogP contribution in [-0.2, 0) is 0 Å². The molecular formula is C8H7N5O2S. The zero-order valence-corrected chi connectivity index (χ0v) is 8.75. The van der Waals surface area contributed by atoms with Crippen molar-refractivity contribution < 1.29 is 4.79 Å². The SMILES string of the molecule is Nc1nnc(NC(=O)c2cccc(=O)[nH]2)s1. The number of pyridine rings is 1. The molecule has 0 fully saturated rings. The highest BCUT2D eigenvalue weighted by Crippen LogP contribution is 2.16. The molecule has 2 heterocycles. The lowest BCUT2D eigenvalue weighted by Gasteiger charge is -1.99. The van der Waals surface area contributed by atoms with Crippen LogP contribution in [0, 0.1) is 0 Å². The number of rotatable bonds is 2. The molecule has 0 aliphatic carbocycles. The van der Waals surface area contributed by atoms with Crippen LogP contribution in [0.1, 0.15) is 10.5 Å². The van der Waals surface area contributed by atoms with Crippen molar-refractivity contribution in [3.63, 3.8) is 0 Å². The summed E-state index contributed by atoms with van der Waals surface area (Å²) in [4.78, 5) is 25.0. The zero-order chi connectivity index (χ0) is 11.5. The number of hydrogen-bond acceptors (Lipinski definition) is 6. The maximum atomic E-state index is 11.6. The van der Waals surface area contributed by atoms with E-state index in [0.717, 1.165) is 11.3 Å². The third-order valence-electron chi connectivity index (χ3n) is 1.67. The van der Waals surface area contributed by atoms with E-state index >= 15 is 0 Å². The number of amides is 1. The van der Waals surface area contributed by atoms with E-state index in [4.69, 9.17) is 5.73 Å². The number of anilines is 2. The van der Waals surface area contributed by atoms with Gasteiger partial charge in [-0.1, -0.05) is 17.4 Å². The average Bonchev–Trinajstić information content (AvgIpc) is 2.64. The molecule has 0 radical (unpaired) electrons. The molecule has 0 saturated heterocycles.